The molecule has 4 heterocycles. The topological polar surface area (TPSA) is 92.1 Å². The highest BCUT2D eigenvalue weighted by Crippen LogP contribution is 2.34. The molecule has 32 heavy (non-hydrogen) atoms. The van der Waals surface area contributed by atoms with Gasteiger partial charge in [-0.05, 0) is 26.1 Å². The molecular formula is C19H21F3N8OS. The van der Waals surface area contributed by atoms with Gasteiger partial charge in [0.05, 0.1) is 11.9 Å². The van der Waals surface area contributed by atoms with E-state index in [1.54, 1.807) is 12.3 Å². The van der Waals surface area contributed by atoms with Crippen LogP contribution in [-0.4, -0.2) is 74.9 Å². The van der Waals surface area contributed by atoms with Crippen molar-refractivity contribution in [1.29, 1.82) is 0 Å². The zero-order chi connectivity index (χ0) is 22.9. The summed E-state index contributed by atoms with van der Waals surface area (Å²) in [5, 5.41) is 11.7. The van der Waals surface area contributed by atoms with Gasteiger partial charge >= 0.3 is 6.18 Å². The minimum Gasteiger partial charge on any atom is -0.368 e. The van der Waals surface area contributed by atoms with E-state index in [0.717, 1.165) is 61.0 Å². The summed E-state index contributed by atoms with van der Waals surface area (Å²) >= 11 is 1.06. The van der Waals surface area contributed by atoms with Crippen molar-refractivity contribution in [1.82, 2.24) is 29.6 Å². The van der Waals surface area contributed by atoms with Gasteiger partial charge in [0.25, 0.3) is 5.91 Å². The van der Waals surface area contributed by atoms with E-state index in [-0.39, 0.29) is 22.3 Å². The standard InChI is InChI=1S/C19H21F3N8OS/c1-12(19(20,21)22)30-11-24-27-16(30)18-26-15(10-32-18)25-17(31)14-4-3-13(9-23-14)29-7-5-28(2)6-8-29/h3-4,9-12H,5-8H2,1-2H3,(H,25,31). The number of nitrogens with one attached hydrogen (secondary N) is 1. The molecule has 9 nitrogen and oxygen atoms in total. The van der Waals surface area contributed by atoms with Gasteiger partial charge < -0.3 is 15.1 Å². The summed E-state index contributed by atoms with van der Waals surface area (Å²) in [5.74, 6) is -0.277. The highest BCUT2D eigenvalue weighted by molar-refractivity contribution is 7.13. The van der Waals surface area contributed by atoms with E-state index in [0.29, 0.717) is 0 Å². The molecule has 1 fully saturated rings. The number of nitrogens with zero attached hydrogens (tertiary/aromatic N) is 7. The molecule has 1 saturated heterocycles. The van der Waals surface area contributed by atoms with Crippen LogP contribution in [0.5, 0.6) is 0 Å². The van der Waals surface area contributed by atoms with Crippen molar-refractivity contribution >= 4 is 28.7 Å². The van der Waals surface area contributed by atoms with Gasteiger partial charge in [-0.1, -0.05) is 0 Å². The van der Waals surface area contributed by atoms with Gasteiger partial charge in [-0.15, -0.1) is 21.5 Å². The first-order chi connectivity index (χ1) is 15.2. The molecule has 1 N–H and O–H groups in total. The van der Waals surface area contributed by atoms with Crippen LogP contribution >= 0.6 is 11.3 Å². The summed E-state index contributed by atoms with van der Waals surface area (Å²) in [4.78, 5) is 25.4. The molecule has 4 rings (SSSR count). The van der Waals surface area contributed by atoms with E-state index < -0.39 is 18.1 Å². The Labute approximate surface area is 185 Å². The maximum Gasteiger partial charge on any atom is 0.408 e. The van der Waals surface area contributed by atoms with Crippen LogP contribution in [0.25, 0.3) is 10.8 Å². The number of rotatable bonds is 5. The zero-order valence-electron chi connectivity index (χ0n) is 17.4. The minimum absolute atomic E-state index is 0.0185. The molecule has 170 valence electrons. The fourth-order valence-corrected chi connectivity index (χ4v) is 3.96. The second-order valence-corrected chi connectivity index (χ2v) is 8.32. The Morgan fingerprint density at radius 1 is 1.22 bits per heavy atom. The van der Waals surface area contributed by atoms with Gasteiger partial charge in [0.15, 0.2) is 10.8 Å². The number of hydrogen-bond acceptors (Lipinski definition) is 8. The number of amides is 1. The first kappa shape index (κ1) is 22.1. The van der Waals surface area contributed by atoms with Gasteiger partial charge in [-0.3, -0.25) is 9.36 Å². The third-order valence-electron chi connectivity index (χ3n) is 5.25. The van der Waals surface area contributed by atoms with Crippen LogP contribution in [0.3, 0.4) is 0 Å². The molecule has 0 saturated carbocycles. The molecule has 0 aromatic carbocycles. The lowest BCUT2D eigenvalue weighted by Crippen LogP contribution is -2.44. The highest BCUT2D eigenvalue weighted by Gasteiger charge is 2.39. The lowest BCUT2D eigenvalue weighted by Gasteiger charge is -2.33. The third kappa shape index (κ3) is 4.72. The van der Waals surface area contributed by atoms with Crippen molar-refractivity contribution in [3.63, 3.8) is 0 Å². The highest BCUT2D eigenvalue weighted by atomic mass is 32.1. The summed E-state index contributed by atoms with van der Waals surface area (Å²) in [6.45, 7) is 4.72. The summed E-state index contributed by atoms with van der Waals surface area (Å²) in [5.41, 5.74) is 1.16. The average molecular weight is 466 g/mol. The molecular weight excluding hydrogens is 445 g/mol. The molecule has 0 radical (unpaired) electrons. The van der Waals surface area contributed by atoms with E-state index >= 15 is 0 Å². The third-order valence-corrected chi connectivity index (χ3v) is 6.09. The lowest BCUT2D eigenvalue weighted by molar-refractivity contribution is -0.162. The van der Waals surface area contributed by atoms with Crippen molar-refractivity contribution in [2.24, 2.45) is 0 Å². The smallest absolute Gasteiger partial charge is 0.368 e. The zero-order valence-corrected chi connectivity index (χ0v) is 18.2. The summed E-state index contributed by atoms with van der Waals surface area (Å²) in [6, 6.07) is 1.68. The average Bonchev–Trinajstić information content (AvgIpc) is 3.42. The molecule has 1 aliphatic heterocycles. The Hall–Kier alpha value is -3.06. The maximum absolute atomic E-state index is 13.1. The quantitative estimate of drug-likeness (QED) is 0.618. The summed E-state index contributed by atoms with van der Waals surface area (Å²) in [6.07, 6.45) is -1.78. The van der Waals surface area contributed by atoms with Gasteiger partial charge in [-0.2, -0.15) is 13.2 Å². The number of anilines is 2. The van der Waals surface area contributed by atoms with Crippen molar-refractivity contribution in [3.8, 4) is 10.8 Å². The lowest BCUT2D eigenvalue weighted by atomic mass is 10.2. The number of carbonyl (C=O) groups is 1. The Morgan fingerprint density at radius 2 is 1.97 bits per heavy atom. The molecule has 1 atom stereocenters. The van der Waals surface area contributed by atoms with Crippen molar-refractivity contribution in [2.45, 2.75) is 19.1 Å². The van der Waals surface area contributed by atoms with Crippen LogP contribution in [0, 0.1) is 0 Å². The number of likely N-dealkylation sites (N-methyl/N-ethyl adjacent to an activating group) is 1. The van der Waals surface area contributed by atoms with E-state index in [2.05, 4.69) is 42.3 Å². The fraction of sp³-hybridized carbons (Fsp3) is 0.421. The minimum atomic E-state index is -4.45. The predicted octanol–water partition coefficient (Wildman–Crippen LogP) is 2.92. The number of halogens is 3. The number of alkyl halides is 3. The van der Waals surface area contributed by atoms with Crippen LogP contribution in [0.4, 0.5) is 24.7 Å². The number of hydrogen-bond donors (Lipinski definition) is 1. The van der Waals surface area contributed by atoms with Crippen molar-refractivity contribution in [3.05, 3.63) is 35.7 Å². The number of piperazine rings is 1. The van der Waals surface area contributed by atoms with Gasteiger partial charge in [0.1, 0.15) is 23.9 Å². The second kappa shape index (κ2) is 8.82. The Kier molecular flexibility index (Phi) is 6.11. The number of aromatic nitrogens is 5. The summed E-state index contributed by atoms with van der Waals surface area (Å²) in [7, 11) is 2.08. The van der Waals surface area contributed by atoms with E-state index in [9.17, 15) is 18.0 Å². The summed E-state index contributed by atoms with van der Waals surface area (Å²) < 4.78 is 40.1. The molecule has 1 aliphatic rings. The molecule has 0 bridgehead atoms. The van der Waals surface area contributed by atoms with E-state index in [1.165, 1.54) is 5.38 Å². The number of carbonyl (C=O) groups excluding carboxylic acids is 1. The first-order valence-corrected chi connectivity index (χ1v) is 10.7. The normalized spacial score (nSPS) is 16.2. The monoisotopic (exact) mass is 466 g/mol. The van der Waals surface area contributed by atoms with Gasteiger partial charge in [0, 0.05) is 31.6 Å². The SMILES string of the molecule is CC(n1cnnc1-c1nc(NC(=O)c2ccc(N3CCN(C)CC3)cn2)cs1)C(F)(F)F. The molecule has 1 amide bonds. The molecule has 0 aliphatic carbocycles. The molecule has 1 unspecified atom stereocenters. The Morgan fingerprint density at radius 3 is 2.62 bits per heavy atom. The largest absolute Gasteiger partial charge is 0.408 e. The molecule has 13 heteroatoms. The van der Waals surface area contributed by atoms with Crippen LogP contribution in [0.15, 0.2) is 30.0 Å². The van der Waals surface area contributed by atoms with Gasteiger partial charge in [-0.25, -0.2) is 9.97 Å². The maximum atomic E-state index is 13.1. The first-order valence-electron chi connectivity index (χ1n) is 9.85. The Bertz CT molecular complexity index is 1070. The predicted molar refractivity (Wildman–Crippen MR) is 114 cm³/mol. The second-order valence-electron chi connectivity index (χ2n) is 7.46. The van der Waals surface area contributed by atoms with Crippen molar-refractivity contribution < 1.29 is 18.0 Å². The van der Waals surface area contributed by atoms with E-state index in [1.807, 2.05) is 6.07 Å². The number of pyridine rings is 1. The molecule has 3 aromatic heterocycles. The van der Waals surface area contributed by atoms with E-state index in [4.69, 9.17) is 0 Å². The van der Waals surface area contributed by atoms with Gasteiger partial charge in [0.2, 0.25) is 0 Å². The molecule has 0 spiro atoms. The van der Waals surface area contributed by atoms with Crippen molar-refractivity contribution in [2.75, 3.05) is 43.4 Å². The fourth-order valence-electron chi connectivity index (χ4n) is 3.22. The van der Waals surface area contributed by atoms with Crippen LogP contribution in [0.2, 0.25) is 0 Å². The van der Waals surface area contributed by atoms with Crippen LogP contribution in [0.1, 0.15) is 23.5 Å². The Balaban J connectivity index is 1.43. The number of thiazole rings is 1. The molecule has 3 aromatic rings. The van der Waals surface area contributed by atoms with Crippen LogP contribution < -0.4 is 10.2 Å². The van der Waals surface area contributed by atoms with Crippen LogP contribution in [-0.2, 0) is 0 Å².